The van der Waals surface area contributed by atoms with Crippen LogP contribution in [0.15, 0.2) is 36.7 Å². The minimum absolute atomic E-state index is 0.581. The third-order valence-corrected chi connectivity index (χ3v) is 2.95. The number of nitrogens with zero attached hydrogens (tertiary/aromatic N) is 3. The summed E-state index contributed by atoms with van der Waals surface area (Å²) in [7, 11) is 1.60. The molecule has 0 radical (unpaired) electrons. The first-order chi connectivity index (χ1) is 9.35. The van der Waals surface area contributed by atoms with Crippen LogP contribution in [-0.4, -0.2) is 27.0 Å². The van der Waals surface area contributed by atoms with Crippen molar-refractivity contribution in [2.24, 2.45) is 0 Å². The molecule has 19 heavy (non-hydrogen) atoms. The maximum atomic E-state index is 5.09. The lowest BCUT2D eigenvalue weighted by Gasteiger charge is -1.97. The van der Waals surface area contributed by atoms with Gasteiger partial charge in [-0.05, 0) is 24.1 Å². The molecule has 0 saturated heterocycles. The van der Waals surface area contributed by atoms with E-state index in [0.717, 1.165) is 24.2 Å². The first-order valence-electron chi connectivity index (χ1n) is 6.14. The van der Waals surface area contributed by atoms with Gasteiger partial charge in [-0.1, -0.05) is 6.07 Å². The number of imidazole rings is 1. The lowest BCUT2D eigenvalue weighted by Crippen LogP contribution is -1.93. The Morgan fingerprint density at radius 3 is 2.89 bits per heavy atom. The van der Waals surface area contributed by atoms with Crippen molar-refractivity contribution in [1.82, 2.24) is 19.9 Å². The summed E-state index contributed by atoms with van der Waals surface area (Å²) in [5.74, 6) is 1.51. The fourth-order valence-corrected chi connectivity index (χ4v) is 1.97. The number of hydrogen-bond donors (Lipinski definition) is 1. The fraction of sp³-hybridized carbons (Fsp3) is 0.214. The molecule has 0 aliphatic carbocycles. The standard InChI is InChI=1S/C14H14N4O/c1-19-13-7-5-11-14(18-13)17-12(16-11)6-4-10-3-2-8-15-9-10/h2-3,5,7-9H,4,6H2,1H3,(H,16,17,18). The molecule has 0 fully saturated rings. The van der Waals surface area contributed by atoms with Crippen LogP contribution in [0.25, 0.3) is 11.2 Å². The molecule has 0 aliphatic heterocycles. The average Bonchev–Trinajstić information content (AvgIpc) is 2.88. The van der Waals surface area contributed by atoms with Gasteiger partial charge in [-0.3, -0.25) is 4.98 Å². The number of methoxy groups -OCH3 is 1. The van der Waals surface area contributed by atoms with Gasteiger partial charge in [0, 0.05) is 24.9 Å². The first kappa shape index (κ1) is 11.6. The van der Waals surface area contributed by atoms with E-state index in [-0.39, 0.29) is 0 Å². The molecule has 0 bridgehead atoms. The van der Waals surface area contributed by atoms with Crippen molar-refractivity contribution in [3.63, 3.8) is 0 Å². The van der Waals surface area contributed by atoms with E-state index in [0.29, 0.717) is 11.5 Å². The summed E-state index contributed by atoms with van der Waals surface area (Å²) in [5, 5.41) is 0. The Hall–Kier alpha value is -2.43. The van der Waals surface area contributed by atoms with Gasteiger partial charge in [0.05, 0.1) is 12.6 Å². The van der Waals surface area contributed by atoms with E-state index < -0.39 is 0 Å². The second-order valence-corrected chi connectivity index (χ2v) is 4.27. The van der Waals surface area contributed by atoms with Crippen molar-refractivity contribution < 1.29 is 4.74 Å². The molecule has 5 heteroatoms. The predicted molar refractivity (Wildman–Crippen MR) is 72.1 cm³/mol. The van der Waals surface area contributed by atoms with Gasteiger partial charge in [0.1, 0.15) is 5.82 Å². The van der Waals surface area contributed by atoms with Gasteiger partial charge in [0.25, 0.3) is 0 Å². The van der Waals surface area contributed by atoms with Gasteiger partial charge in [-0.2, -0.15) is 4.98 Å². The Balaban J connectivity index is 1.78. The van der Waals surface area contributed by atoms with Crippen LogP contribution in [0.4, 0.5) is 0 Å². The monoisotopic (exact) mass is 254 g/mol. The molecular formula is C14H14N4O. The van der Waals surface area contributed by atoms with Crippen LogP contribution < -0.4 is 4.74 Å². The molecular weight excluding hydrogens is 240 g/mol. The number of rotatable bonds is 4. The van der Waals surface area contributed by atoms with Crippen molar-refractivity contribution in [2.45, 2.75) is 12.8 Å². The Labute approximate surface area is 110 Å². The number of hydrogen-bond acceptors (Lipinski definition) is 4. The first-order valence-corrected chi connectivity index (χ1v) is 6.14. The number of H-pyrrole nitrogens is 1. The third-order valence-electron chi connectivity index (χ3n) is 2.95. The number of pyridine rings is 2. The summed E-state index contributed by atoms with van der Waals surface area (Å²) in [4.78, 5) is 16.1. The molecule has 3 aromatic rings. The molecule has 0 unspecified atom stereocenters. The Bertz CT molecular complexity index is 678. The van der Waals surface area contributed by atoms with Crippen LogP contribution in [0.2, 0.25) is 0 Å². The molecule has 0 aliphatic rings. The summed E-state index contributed by atoms with van der Waals surface area (Å²) < 4.78 is 5.09. The lowest BCUT2D eigenvalue weighted by atomic mass is 10.1. The summed E-state index contributed by atoms with van der Waals surface area (Å²) >= 11 is 0. The largest absolute Gasteiger partial charge is 0.481 e. The van der Waals surface area contributed by atoms with Crippen LogP contribution >= 0.6 is 0 Å². The second-order valence-electron chi connectivity index (χ2n) is 4.27. The highest BCUT2D eigenvalue weighted by atomic mass is 16.5. The Kier molecular flexibility index (Phi) is 3.10. The molecule has 0 amide bonds. The zero-order valence-electron chi connectivity index (χ0n) is 10.6. The van der Waals surface area contributed by atoms with Crippen LogP contribution in [0.3, 0.4) is 0 Å². The number of nitrogens with one attached hydrogen (secondary N) is 1. The molecule has 0 aromatic carbocycles. The third kappa shape index (κ3) is 2.54. The molecule has 3 heterocycles. The topological polar surface area (TPSA) is 63.7 Å². The van der Waals surface area contributed by atoms with Crippen molar-refractivity contribution in [2.75, 3.05) is 7.11 Å². The maximum Gasteiger partial charge on any atom is 0.215 e. The van der Waals surface area contributed by atoms with E-state index in [1.54, 1.807) is 13.3 Å². The molecule has 0 atom stereocenters. The Morgan fingerprint density at radius 2 is 2.11 bits per heavy atom. The van der Waals surface area contributed by atoms with Gasteiger partial charge in [0.2, 0.25) is 5.88 Å². The van der Waals surface area contributed by atoms with Crippen molar-refractivity contribution in [1.29, 1.82) is 0 Å². The lowest BCUT2D eigenvalue weighted by molar-refractivity contribution is 0.399. The van der Waals surface area contributed by atoms with Gasteiger partial charge in [-0.15, -0.1) is 0 Å². The smallest absolute Gasteiger partial charge is 0.215 e. The minimum atomic E-state index is 0.581. The molecule has 96 valence electrons. The van der Waals surface area contributed by atoms with Gasteiger partial charge < -0.3 is 9.72 Å². The SMILES string of the molecule is COc1ccc2[nH]c(CCc3cccnc3)nc2n1. The van der Waals surface area contributed by atoms with E-state index in [4.69, 9.17) is 4.74 Å². The number of aryl methyl sites for hydroxylation is 2. The highest BCUT2D eigenvalue weighted by Crippen LogP contribution is 2.15. The maximum absolute atomic E-state index is 5.09. The molecule has 5 nitrogen and oxygen atoms in total. The van der Waals surface area contributed by atoms with Crippen LogP contribution in [0, 0.1) is 0 Å². The van der Waals surface area contributed by atoms with E-state index in [1.165, 1.54) is 5.56 Å². The quantitative estimate of drug-likeness (QED) is 0.774. The molecule has 0 spiro atoms. The van der Waals surface area contributed by atoms with E-state index >= 15 is 0 Å². The molecule has 0 saturated carbocycles. The summed E-state index contributed by atoms with van der Waals surface area (Å²) in [6, 6.07) is 7.77. The zero-order valence-corrected chi connectivity index (χ0v) is 10.6. The normalized spacial score (nSPS) is 10.8. The van der Waals surface area contributed by atoms with Crippen molar-refractivity contribution in [3.05, 3.63) is 48.0 Å². The van der Waals surface area contributed by atoms with Gasteiger partial charge in [0.15, 0.2) is 5.65 Å². The number of ether oxygens (including phenoxy) is 1. The minimum Gasteiger partial charge on any atom is -0.481 e. The summed E-state index contributed by atoms with van der Waals surface area (Å²) in [6.45, 7) is 0. The average molecular weight is 254 g/mol. The van der Waals surface area contributed by atoms with E-state index in [2.05, 4.69) is 26.0 Å². The number of aromatic amines is 1. The molecule has 3 rings (SSSR count). The van der Waals surface area contributed by atoms with E-state index in [9.17, 15) is 0 Å². The summed E-state index contributed by atoms with van der Waals surface area (Å²) in [5.41, 5.74) is 2.83. The van der Waals surface area contributed by atoms with E-state index in [1.807, 2.05) is 24.4 Å². The second kappa shape index (κ2) is 5.06. The fourth-order valence-electron chi connectivity index (χ4n) is 1.97. The predicted octanol–water partition coefficient (Wildman–Crippen LogP) is 2.15. The van der Waals surface area contributed by atoms with Crippen LogP contribution in [-0.2, 0) is 12.8 Å². The summed E-state index contributed by atoms with van der Waals surface area (Å²) in [6.07, 6.45) is 5.40. The van der Waals surface area contributed by atoms with Gasteiger partial charge >= 0.3 is 0 Å². The number of fused-ring (bicyclic) bond motifs is 1. The van der Waals surface area contributed by atoms with Crippen molar-refractivity contribution >= 4 is 11.2 Å². The molecule has 3 aromatic heterocycles. The highest BCUT2D eigenvalue weighted by molar-refractivity contribution is 5.71. The highest BCUT2D eigenvalue weighted by Gasteiger charge is 2.05. The van der Waals surface area contributed by atoms with Crippen LogP contribution in [0.1, 0.15) is 11.4 Å². The molecule has 1 N–H and O–H groups in total. The van der Waals surface area contributed by atoms with Gasteiger partial charge in [-0.25, -0.2) is 4.98 Å². The zero-order chi connectivity index (χ0) is 13.1. The Morgan fingerprint density at radius 1 is 1.16 bits per heavy atom. The van der Waals surface area contributed by atoms with Crippen molar-refractivity contribution in [3.8, 4) is 5.88 Å². The number of aromatic nitrogens is 4. The van der Waals surface area contributed by atoms with Crippen LogP contribution in [0.5, 0.6) is 5.88 Å².